The van der Waals surface area contributed by atoms with E-state index in [1.54, 1.807) is 0 Å². The van der Waals surface area contributed by atoms with Gasteiger partial charge >= 0.3 is 0 Å². The predicted octanol–water partition coefficient (Wildman–Crippen LogP) is 1.65. The number of aliphatic hydroxyl groups is 1. The number of ether oxygens (including phenoxy) is 1. The number of nitrogens with zero attached hydrogens (tertiary/aromatic N) is 1. The van der Waals surface area contributed by atoms with Crippen molar-refractivity contribution in [3.05, 3.63) is 35.4 Å². The molecule has 0 aromatic heterocycles. The summed E-state index contributed by atoms with van der Waals surface area (Å²) >= 11 is 0. The molecule has 1 N–H and O–H groups in total. The second-order valence-electron chi connectivity index (χ2n) is 5.57. The van der Waals surface area contributed by atoms with Gasteiger partial charge in [0.15, 0.2) is 0 Å². The van der Waals surface area contributed by atoms with Crippen molar-refractivity contribution in [2.24, 2.45) is 0 Å². The first-order valence-electron chi connectivity index (χ1n) is 6.47. The van der Waals surface area contributed by atoms with Gasteiger partial charge in [0, 0.05) is 23.7 Å². The van der Waals surface area contributed by atoms with E-state index in [0.717, 1.165) is 6.07 Å². The van der Waals surface area contributed by atoms with Crippen molar-refractivity contribution < 1.29 is 18.6 Å². The zero-order valence-corrected chi connectivity index (χ0v) is 10.8. The highest BCUT2D eigenvalue weighted by Crippen LogP contribution is 2.41. The molecule has 0 amide bonds. The lowest BCUT2D eigenvalue weighted by Crippen LogP contribution is -2.59. The Bertz CT molecular complexity index is 480. The molecule has 2 aliphatic heterocycles. The van der Waals surface area contributed by atoms with Gasteiger partial charge in [0.25, 0.3) is 0 Å². The molecule has 3 nitrogen and oxygen atoms in total. The van der Waals surface area contributed by atoms with Crippen LogP contribution in [0.2, 0.25) is 0 Å². The lowest BCUT2D eigenvalue weighted by atomic mass is 9.77. The average Bonchev–Trinajstić information content (AvgIpc) is 2.31. The molecule has 2 saturated heterocycles. The van der Waals surface area contributed by atoms with E-state index in [1.807, 2.05) is 7.05 Å². The van der Waals surface area contributed by atoms with Gasteiger partial charge in [-0.15, -0.1) is 0 Å². The van der Waals surface area contributed by atoms with Crippen LogP contribution in [0.1, 0.15) is 18.4 Å². The number of fused-ring (bicyclic) bond motifs is 2. The fraction of sp³-hybridized carbons (Fsp3) is 0.571. The molecule has 104 valence electrons. The van der Waals surface area contributed by atoms with Crippen molar-refractivity contribution >= 4 is 0 Å². The molecule has 2 unspecified atom stereocenters. The van der Waals surface area contributed by atoms with Crippen LogP contribution in [-0.4, -0.2) is 42.4 Å². The zero-order valence-electron chi connectivity index (χ0n) is 10.8. The third kappa shape index (κ3) is 2.16. The normalized spacial score (nSPS) is 35.4. The Hall–Kier alpha value is -1.04. The van der Waals surface area contributed by atoms with E-state index < -0.39 is 17.2 Å². The fourth-order valence-corrected chi connectivity index (χ4v) is 3.23. The third-order valence-corrected chi connectivity index (χ3v) is 4.35. The Morgan fingerprint density at radius 3 is 2.47 bits per heavy atom. The summed E-state index contributed by atoms with van der Waals surface area (Å²) in [4.78, 5) is 2.18. The van der Waals surface area contributed by atoms with Gasteiger partial charge in [-0.2, -0.15) is 0 Å². The molecule has 0 saturated carbocycles. The molecule has 19 heavy (non-hydrogen) atoms. The molecular weight excluding hydrogens is 252 g/mol. The predicted molar refractivity (Wildman–Crippen MR) is 65.6 cm³/mol. The summed E-state index contributed by atoms with van der Waals surface area (Å²) in [6, 6.07) is 3.52. The topological polar surface area (TPSA) is 32.7 Å². The monoisotopic (exact) mass is 269 g/mol. The maximum Gasteiger partial charge on any atom is 0.132 e. The van der Waals surface area contributed by atoms with Crippen LogP contribution in [0.4, 0.5) is 8.78 Å². The molecule has 2 fully saturated rings. The van der Waals surface area contributed by atoms with E-state index >= 15 is 0 Å². The third-order valence-electron chi connectivity index (χ3n) is 4.35. The first-order valence-corrected chi connectivity index (χ1v) is 6.47. The highest BCUT2D eigenvalue weighted by atomic mass is 19.1. The summed E-state index contributed by atoms with van der Waals surface area (Å²) < 4.78 is 32.4. The summed E-state index contributed by atoms with van der Waals surface area (Å²) in [5.74, 6) is -1.30. The first kappa shape index (κ1) is 13.0. The fourth-order valence-electron chi connectivity index (χ4n) is 3.23. The number of morpholine rings is 1. The summed E-state index contributed by atoms with van der Waals surface area (Å²) in [7, 11) is 2.00. The van der Waals surface area contributed by atoms with E-state index in [4.69, 9.17) is 4.74 Å². The average molecular weight is 269 g/mol. The minimum absolute atomic E-state index is 0.0713. The number of benzene rings is 1. The van der Waals surface area contributed by atoms with Crippen molar-refractivity contribution in [2.45, 2.75) is 30.5 Å². The van der Waals surface area contributed by atoms with E-state index in [2.05, 4.69) is 4.90 Å². The van der Waals surface area contributed by atoms with Gasteiger partial charge in [-0.1, -0.05) is 6.07 Å². The van der Waals surface area contributed by atoms with Gasteiger partial charge in [-0.3, -0.25) is 4.90 Å². The van der Waals surface area contributed by atoms with Crippen molar-refractivity contribution in [1.29, 1.82) is 0 Å². The minimum Gasteiger partial charge on any atom is -0.385 e. The van der Waals surface area contributed by atoms with Gasteiger partial charge in [-0.05, 0) is 26.0 Å². The molecule has 2 atom stereocenters. The van der Waals surface area contributed by atoms with Crippen LogP contribution in [0, 0.1) is 11.6 Å². The van der Waals surface area contributed by atoms with Gasteiger partial charge in [0.1, 0.15) is 11.6 Å². The standard InChI is InChI=1S/C14H17F2NO2/c1-17-10-5-14(18,6-11(17)8-19-7-10)12-3-2-9(15)4-13(12)16/h2-4,10-11,18H,5-8H2,1H3. The molecule has 1 aromatic rings. The van der Waals surface area contributed by atoms with E-state index in [1.165, 1.54) is 12.1 Å². The molecule has 2 aliphatic rings. The summed E-state index contributed by atoms with van der Waals surface area (Å²) in [6.07, 6.45) is 0.811. The van der Waals surface area contributed by atoms with Crippen molar-refractivity contribution in [3.8, 4) is 0 Å². The molecule has 0 spiro atoms. The number of likely N-dealkylation sites (N-methyl/N-ethyl adjacent to an activating group) is 1. The van der Waals surface area contributed by atoms with Crippen molar-refractivity contribution in [3.63, 3.8) is 0 Å². The highest BCUT2D eigenvalue weighted by molar-refractivity contribution is 5.27. The van der Waals surface area contributed by atoms with Crippen LogP contribution < -0.4 is 0 Å². The smallest absolute Gasteiger partial charge is 0.132 e. The molecule has 3 rings (SSSR count). The van der Waals surface area contributed by atoms with Crippen LogP contribution in [0.5, 0.6) is 0 Å². The SMILES string of the molecule is CN1C2COCC1CC(O)(c1ccc(F)cc1F)C2. The quantitative estimate of drug-likeness (QED) is 0.841. The molecular formula is C14H17F2NO2. The van der Waals surface area contributed by atoms with E-state index in [9.17, 15) is 13.9 Å². The van der Waals surface area contributed by atoms with Crippen molar-refractivity contribution in [1.82, 2.24) is 4.90 Å². The van der Waals surface area contributed by atoms with Crippen LogP contribution >= 0.6 is 0 Å². The Labute approximate surface area is 110 Å². The van der Waals surface area contributed by atoms with Gasteiger partial charge in [0.05, 0.1) is 18.8 Å². The first-order chi connectivity index (χ1) is 8.99. The van der Waals surface area contributed by atoms with Gasteiger partial charge in [-0.25, -0.2) is 8.78 Å². The number of hydrogen-bond donors (Lipinski definition) is 1. The van der Waals surface area contributed by atoms with Crippen LogP contribution in [-0.2, 0) is 10.3 Å². The summed E-state index contributed by atoms with van der Waals surface area (Å²) in [5, 5.41) is 10.8. The Balaban J connectivity index is 1.95. The molecule has 0 radical (unpaired) electrons. The highest BCUT2D eigenvalue weighted by Gasteiger charge is 2.46. The maximum atomic E-state index is 13.9. The van der Waals surface area contributed by atoms with Crippen LogP contribution in [0.15, 0.2) is 18.2 Å². The zero-order chi connectivity index (χ0) is 13.6. The largest absolute Gasteiger partial charge is 0.385 e. The van der Waals surface area contributed by atoms with E-state index in [0.29, 0.717) is 26.1 Å². The lowest BCUT2D eigenvalue weighted by Gasteiger charge is -2.50. The van der Waals surface area contributed by atoms with E-state index in [-0.39, 0.29) is 17.6 Å². The second kappa shape index (κ2) is 4.51. The lowest BCUT2D eigenvalue weighted by molar-refractivity contribution is -0.138. The van der Waals surface area contributed by atoms with Gasteiger partial charge in [0.2, 0.25) is 0 Å². The maximum absolute atomic E-state index is 13.9. The summed E-state index contributed by atoms with van der Waals surface area (Å²) in [6.45, 7) is 1.08. The Morgan fingerprint density at radius 1 is 1.26 bits per heavy atom. The minimum atomic E-state index is -1.23. The molecule has 0 aliphatic carbocycles. The number of hydrogen-bond acceptors (Lipinski definition) is 3. The molecule has 2 heterocycles. The molecule has 2 bridgehead atoms. The number of piperidine rings is 1. The Morgan fingerprint density at radius 2 is 1.89 bits per heavy atom. The number of rotatable bonds is 1. The number of halogens is 2. The van der Waals surface area contributed by atoms with Crippen LogP contribution in [0.25, 0.3) is 0 Å². The molecule has 5 heteroatoms. The van der Waals surface area contributed by atoms with Crippen molar-refractivity contribution in [2.75, 3.05) is 20.3 Å². The van der Waals surface area contributed by atoms with Gasteiger partial charge < -0.3 is 9.84 Å². The molecule has 1 aromatic carbocycles. The summed E-state index contributed by atoms with van der Waals surface area (Å²) in [5.41, 5.74) is -1.04. The Kier molecular flexibility index (Phi) is 3.08. The van der Waals surface area contributed by atoms with Crippen LogP contribution in [0.3, 0.4) is 0 Å². The second-order valence-corrected chi connectivity index (χ2v) is 5.57.